The Balaban J connectivity index is 2.30. The molecule has 0 fully saturated rings. The van der Waals surface area contributed by atoms with Crippen LogP contribution in [0.15, 0.2) is 18.5 Å². The monoisotopic (exact) mass is 207 g/mol. The Morgan fingerprint density at radius 3 is 2.87 bits per heavy atom. The smallest absolute Gasteiger partial charge is 0.307 e. The second kappa shape index (κ2) is 3.84. The predicted molar refractivity (Wildman–Crippen MR) is 53.2 cm³/mol. The van der Waals surface area contributed by atoms with Crippen LogP contribution in [0.1, 0.15) is 24.6 Å². The van der Waals surface area contributed by atoms with Crippen LogP contribution in [0.5, 0.6) is 0 Å². The highest BCUT2D eigenvalue weighted by molar-refractivity contribution is 5.71. The number of nitrogens with zero attached hydrogens (tertiary/aromatic N) is 3. The first-order valence-corrected chi connectivity index (χ1v) is 4.92. The number of rotatable bonds is 2. The van der Waals surface area contributed by atoms with Crippen LogP contribution in [0.2, 0.25) is 0 Å². The molecule has 0 spiro atoms. The highest BCUT2D eigenvalue weighted by atomic mass is 16.4. The van der Waals surface area contributed by atoms with Gasteiger partial charge in [-0.25, -0.2) is 4.98 Å². The van der Waals surface area contributed by atoms with Gasteiger partial charge in [0.05, 0.1) is 5.92 Å². The molecule has 0 aliphatic heterocycles. The third-order valence-electron chi connectivity index (χ3n) is 2.83. The maximum atomic E-state index is 11.1. The summed E-state index contributed by atoms with van der Waals surface area (Å²) in [5, 5.41) is 13.1. The van der Waals surface area contributed by atoms with Crippen molar-refractivity contribution in [2.24, 2.45) is 13.0 Å². The summed E-state index contributed by atoms with van der Waals surface area (Å²) in [4.78, 5) is 15.2. The first-order valence-electron chi connectivity index (χ1n) is 4.92. The molecule has 2 unspecified atom stereocenters. The van der Waals surface area contributed by atoms with Crippen LogP contribution in [-0.4, -0.2) is 25.8 Å². The molecule has 1 aliphatic carbocycles. The fraction of sp³-hybridized carbons (Fsp3) is 0.500. The van der Waals surface area contributed by atoms with Crippen LogP contribution in [0.4, 0.5) is 0 Å². The molecule has 2 rings (SSSR count). The minimum Gasteiger partial charge on any atom is -0.481 e. The van der Waals surface area contributed by atoms with E-state index in [9.17, 15) is 4.79 Å². The largest absolute Gasteiger partial charge is 0.481 e. The molecule has 0 saturated carbocycles. The van der Waals surface area contributed by atoms with Gasteiger partial charge >= 0.3 is 5.97 Å². The molecule has 0 saturated heterocycles. The fourth-order valence-electron chi connectivity index (χ4n) is 2.01. The number of carbonyl (C=O) groups is 1. The maximum Gasteiger partial charge on any atom is 0.307 e. The van der Waals surface area contributed by atoms with Crippen LogP contribution in [0.25, 0.3) is 0 Å². The molecule has 15 heavy (non-hydrogen) atoms. The highest BCUT2D eigenvalue weighted by Crippen LogP contribution is 2.33. The van der Waals surface area contributed by atoms with E-state index in [1.165, 1.54) is 6.33 Å². The summed E-state index contributed by atoms with van der Waals surface area (Å²) in [6.07, 6.45) is 6.70. The number of carboxylic acids is 1. The topological polar surface area (TPSA) is 68.0 Å². The van der Waals surface area contributed by atoms with Gasteiger partial charge in [-0.1, -0.05) is 12.2 Å². The first kappa shape index (κ1) is 9.89. The molecule has 0 radical (unpaired) electrons. The van der Waals surface area contributed by atoms with E-state index >= 15 is 0 Å². The van der Waals surface area contributed by atoms with Crippen LogP contribution < -0.4 is 0 Å². The SMILES string of the molecule is Cn1ncnc1C1CC=CCC1C(=O)O. The molecule has 0 amide bonds. The van der Waals surface area contributed by atoms with Gasteiger partial charge in [-0.05, 0) is 12.8 Å². The third kappa shape index (κ3) is 1.77. The normalized spacial score (nSPS) is 25.4. The van der Waals surface area contributed by atoms with Gasteiger partial charge in [-0.15, -0.1) is 0 Å². The van der Waals surface area contributed by atoms with E-state index in [1.54, 1.807) is 11.7 Å². The fourth-order valence-corrected chi connectivity index (χ4v) is 2.01. The number of hydrogen-bond acceptors (Lipinski definition) is 3. The van der Waals surface area contributed by atoms with Gasteiger partial charge in [-0.3, -0.25) is 9.48 Å². The van der Waals surface area contributed by atoms with Gasteiger partial charge in [0.15, 0.2) is 0 Å². The van der Waals surface area contributed by atoms with Crippen molar-refractivity contribution in [3.05, 3.63) is 24.3 Å². The Hall–Kier alpha value is -1.65. The lowest BCUT2D eigenvalue weighted by atomic mass is 9.82. The molecule has 5 nitrogen and oxygen atoms in total. The molecular formula is C10H13N3O2. The molecule has 1 aromatic rings. The Labute approximate surface area is 87.4 Å². The average molecular weight is 207 g/mol. The van der Waals surface area contributed by atoms with Crippen molar-refractivity contribution in [3.63, 3.8) is 0 Å². The van der Waals surface area contributed by atoms with E-state index in [0.29, 0.717) is 6.42 Å². The van der Waals surface area contributed by atoms with Gasteiger partial charge in [0.1, 0.15) is 12.2 Å². The number of carboxylic acid groups (broad SMARTS) is 1. The molecule has 1 aliphatic rings. The van der Waals surface area contributed by atoms with Gasteiger partial charge in [0.2, 0.25) is 0 Å². The number of aromatic nitrogens is 3. The summed E-state index contributed by atoms with van der Waals surface area (Å²) in [6.45, 7) is 0. The zero-order valence-electron chi connectivity index (χ0n) is 8.50. The Bertz CT molecular complexity index is 397. The summed E-state index contributed by atoms with van der Waals surface area (Å²) in [6, 6.07) is 0. The van der Waals surface area contributed by atoms with E-state index in [2.05, 4.69) is 10.1 Å². The minimum atomic E-state index is -0.757. The summed E-state index contributed by atoms with van der Waals surface area (Å²) in [5.74, 6) is -0.433. The summed E-state index contributed by atoms with van der Waals surface area (Å²) in [5.41, 5.74) is 0. The number of aryl methyl sites for hydroxylation is 1. The van der Waals surface area contributed by atoms with E-state index < -0.39 is 5.97 Å². The minimum absolute atomic E-state index is 0.0556. The molecule has 80 valence electrons. The van der Waals surface area contributed by atoms with Crippen molar-refractivity contribution in [1.29, 1.82) is 0 Å². The molecule has 1 heterocycles. The predicted octanol–water partition coefficient (Wildman–Crippen LogP) is 0.950. The lowest BCUT2D eigenvalue weighted by molar-refractivity contribution is -0.142. The van der Waals surface area contributed by atoms with E-state index in [0.717, 1.165) is 12.2 Å². The molecule has 1 aromatic heterocycles. The summed E-state index contributed by atoms with van der Waals surface area (Å²) >= 11 is 0. The van der Waals surface area contributed by atoms with Crippen LogP contribution in [-0.2, 0) is 11.8 Å². The Kier molecular flexibility index (Phi) is 2.53. The summed E-state index contributed by atoms with van der Waals surface area (Å²) in [7, 11) is 1.79. The quantitative estimate of drug-likeness (QED) is 0.733. The highest BCUT2D eigenvalue weighted by Gasteiger charge is 2.32. The second-order valence-corrected chi connectivity index (χ2v) is 3.74. The van der Waals surface area contributed by atoms with Crippen LogP contribution >= 0.6 is 0 Å². The molecule has 2 atom stereocenters. The third-order valence-corrected chi connectivity index (χ3v) is 2.83. The Morgan fingerprint density at radius 2 is 2.27 bits per heavy atom. The number of allylic oxidation sites excluding steroid dienone is 2. The zero-order valence-corrected chi connectivity index (χ0v) is 8.50. The van der Waals surface area contributed by atoms with Crippen molar-refractivity contribution in [2.75, 3.05) is 0 Å². The van der Waals surface area contributed by atoms with Crippen molar-refractivity contribution < 1.29 is 9.90 Å². The van der Waals surface area contributed by atoms with Gasteiger partial charge in [0.25, 0.3) is 0 Å². The maximum absolute atomic E-state index is 11.1. The van der Waals surface area contributed by atoms with E-state index in [-0.39, 0.29) is 11.8 Å². The van der Waals surface area contributed by atoms with Crippen LogP contribution in [0.3, 0.4) is 0 Å². The first-order chi connectivity index (χ1) is 7.20. The average Bonchev–Trinajstić information content (AvgIpc) is 2.64. The second-order valence-electron chi connectivity index (χ2n) is 3.74. The van der Waals surface area contributed by atoms with Crippen LogP contribution in [0, 0.1) is 5.92 Å². The van der Waals surface area contributed by atoms with Gasteiger partial charge in [-0.2, -0.15) is 5.10 Å². The van der Waals surface area contributed by atoms with Crippen molar-refractivity contribution >= 4 is 5.97 Å². The lowest BCUT2D eigenvalue weighted by Gasteiger charge is -2.23. The number of aliphatic carboxylic acids is 1. The zero-order chi connectivity index (χ0) is 10.8. The Morgan fingerprint density at radius 1 is 1.53 bits per heavy atom. The molecule has 5 heteroatoms. The molecule has 0 bridgehead atoms. The molecule has 0 aromatic carbocycles. The standard InChI is InChI=1S/C10H13N3O2/c1-13-9(11-6-12-13)7-4-2-3-5-8(7)10(14)15/h2-3,6-8H,4-5H2,1H3,(H,14,15). The van der Waals surface area contributed by atoms with Crippen molar-refractivity contribution in [1.82, 2.24) is 14.8 Å². The molecule has 1 N–H and O–H groups in total. The van der Waals surface area contributed by atoms with Crippen molar-refractivity contribution in [2.45, 2.75) is 18.8 Å². The van der Waals surface area contributed by atoms with E-state index in [1.807, 2.05) is 12.2 Å². The number of hydrogen-bond donors (Lipinski definition) is 1. The van der Waals surface area contributed by atoms with Crippen molar-refractivity contribution in [3.8, 4) is 0 Å². The molecular weight excluding hydrogens is 194 g/mol. The van der Waals surface area contributed by atoms with E-state index in [4.69, 9.17) is 5.11 Å². The van der Waals surface area contributed by atoms with Gasteiger partial charge < -0.3 is 5.11 Å². The van der Waals surface area contributed by atoms with Gasteiger partial charge in [0, 0.05) is 13.0 Å². The summed E-state index contributed by atoms with van der Waals surface area (Å²) < 4.78 is 1.65. The lowest BCUT2D eigenvalue weighted by Crippen LogP contribution is -2.25.